The number of nitrogens with two attached hydrogens (primary N) is 1. The lowest BCUT2D eigenvalue weighted by atomic mass is 10.1. The number of hydrogen-bond donors (Lipinski definition) is 1. The molecule has 1 saturated heterocycles. The molecule has 2 amide bonds. The van der Waals surface area contributed by atoms with E-state index >= 15 is 0 Å². The van der Waals surface area contributed by atoms with E-state index in [9.17, 15) is 9.59 Å². The Labute approximate surface area is 198 Å². The van der Waals surface area contributed by atoms with Crippen molar-refractivity contribution in [2.45, 2.75) is 13.0 Å². The summed E-state index contributed by atoms with van der Waals surface area (Å²) in [5.74, 6) is 1.91. The molecule has 2 N–H and O–H groups in total. The summed E-state index contributed by atoms with van der Waals surface area (Å²) in [6.45, 7) is 7.25. The van der Waals surface area contributed by atoms with E-state index in [0.717, 1.165) is 5.75 Å². The third-order valence-electron chi connectivity index (χ3n) is 5.54. The van der Waals surface area contributed by atoms with E-state index in [1.165, 1.54) is 6.08 Å². The normalized spacial score (nSPS) is 15.5. The third kappa shape index (κ3) is 5.17. The Morgan fingerprint density at radius 1 is 0.971 bits per heavy atom. The molecule has 1 atom stereocenters. The van der Waals surface area contributed by atoms with Crippen molar-refractivity contribution in [2.75, 3.05) is 24.5 Å². The largest absolute Gasteiger partial charge is 0.457 e. The van der Waals surface area contributed by atoms with Crippen LogP contribution in [0.15, 0.2) is 79.4 Å². The quantitative estimate of drug-likeness (QED) is 0.538. The Morgan fingerprint density at radius 2 is 1.62 bits per heavy atom. The maximum Gasteiger partial charge on any atom is 0.254 e. The molecule has 0 aliphatic carbocycles. The molecule has 0 unspecified atom stereocenters. The topological polar surface area (TPSA) is 98.0 Å². The summed E-state index contributed by atoms with van der Waals surface area (Å²) < 4.78 is 11.8. The summed E-state index contributed by atoms with van der Waals surface area (Å²) in [5.41, 5.74) is 5.74. The number of carbonyl (C=O) groups is 2. The van der Waals surface area contributed by atoms with Crippen LogP contribution < -0.4 is 20.1 Å². The van der Waals surface area contributed by atoms with Crippen molar-refractivity contribution in [3.63, 3.8) is 0 Å². The van der Waals surface area contributed by atoms with Gasteiger partial charge in [-0.2, -0.15) is 4.98 Å². The van der Waals surface area contributed by atoms with Gasteiger partial charge in [-0.15, -0.1) is 0 Å². The highest BCUT2D eigenvalue weighted by atomic mass is 16.5. The first-order valence-corrected chi connectivity index (χ1v) is 10.9. The summed E-state index contributed by atoms with van der Waals surface area (Å²) >= 11 is 0. The Kier molecular flexibility index (Phi) is 6.77. The lowest BCUT2D eigenvalue weighted by molar-refractivity contribution is -0.126. The van der Waals surface area contributed by atoms with Crippen LogP contribution in [0.2, 0.25) is 0 Å². The van der Waals surface area contributed by atoms with Gasteiger partial charge in [-0.1, -0.05) is 24.8 Å². The monoisotopic (exact) mass is 458 g/mol. The zero-order chi connectivity index (χ0) is 24.1. The predicted octanol–water partition coefficient (Wildman–Crippen LogP) is 3.99. The molecule has 2 heterocycles. The molecule has 2 aromatic carbocycles. The molecule has 0 radical (unpaired) electrons. The molecule has 34 heavy (non-hydrogen) atoms. The number of carbonyl (C=O) groups excluding carboxylic acids is 2. The maximum atomic E-state index is 12.0. The number of piperazine rings is 1. The van der Waals surface area contributed by atoms with Crippen LogP contribution in [0.1, 0.15) is 17.3 Å². The van der Waals surface area contributed by atoms with Gasteiger partial charge in [-0.3, -0.25) is 9.59 Å². The van der Waals surface area contributed by atoms with Gasteiger partial charge in [-0.25, -0.2) is 0 Å². The van der Waals surface area contributed by atoms with E-state index in [4.69, 9.17) is 15.2 Å². The van der Waals surface area contributed by atoms with Crippen molar-refractivity contribution in [3.05, 3.63) is 84.9 Å². The number of ether oxygens (including phenoxy) is 2. The second kappa shape index (κ2) is 10.1. The van der Waals surface area contributed by atoms with Gasteiger partial charge in [0.05, 0.1) is 0 Å². The molecule has 0 saturated carbocycles. The molecule has 8 heteroatoms. The highest BCUT2D eigenvalue weighted by Crippen LogP contribution is 2.30. The molecule has 1 aliphatic heterocycles. The van der Waals surface area contributed by atoms with Crippen molar-refractivity contribution in [2.24, 2.45) is 5.73 Å². The van der Waals surface area contributed by atoms with Crippen molar-refractivity contribution >= 4 is 17.6 Å². The van der Waals surface area contributed by atoms with Crippen LogP contribution in [0.25, 0.3) is 0 Å². The van der Waals surface area contributed by atoms with Gasteiger partial charge in [0, 0.05) is 25.7 Å². The van der Waals surface area contributed by atoms with Gasteiger partial charge in [0.1, 0.15) is 28.6 Å². The molecular formula is C26H26N4O4. The van der Waals surface area contributed by atoms with Gasteiger partial charge in [-0.05, 0) is 61.5 Å². The van der Waals surface area contributed by atoms with Crippen LogP contribution in [0, 0.1) is 0 Å². The maximum absolute atomic E-state index is 12.0. The molecule has 1 aliphatic rings. The number of hydrogen-bond acceptors (Lipinski definition) is 6. The summed E-state index contributed by atoms with van der Waals surface area (Å²) in [6.07, 6.45) is 1.32. The van der Waals surface area contributed by atoms with E-state index in [0.29, 0.717) is 37.0 Å². The first-order chi connectivity index (χ1) is 16.4. The molecule has 174 valence electrons. The number of aromatic nitrogens is 1. The minimum atomic E-state index is -0.632. The fourth-order valence-electron chi connectivity index (χ4n) is 3.80. The highest BCUT2D eigenvalue weighted by Gasteiger charge is 2.27. The molecule has 8 nitrogen and oxygen atoms in total. The number of anilines is 1. The molecule has 1 aromatic heterocycles. The molecule has 0 bridgehead atoms. The summed E-state index contributed by atoms with van der Waals surface area (Å²) in [7, 11) is 0. The Balaban J connectivity index is 1.52. The lowest BCUT2D eigenvalue weighted by Gasteiger charge is -2.40. The molecule has 4 rings (SSSR count). The number of amides is 2. The smallest absolute Gasteiger partial charge is 0.254 e. The predicted molar refractivity (Wildman–Crippen MR) is 129 cm³/mol. The van der Waals surface area contributed by atoms with Crippen LogP contribution in [0.3, 0.4) is 0 Å². The van der Waals surface area contributed by atoms with Crippen molar-refractivity contribution in [1.82, 2.24) is 9.88 Å². The van der Waals surface area contributed by atoms with E-state index in [2.05, 4.69) is 16.5 Å². The van der Waals surface area contributed by atoms with Crippen molar-refractivity contribution in [1.29, 1.82) is 0 Å². The number of pyridine rings is 1. The Morgan fingerprint density at radius 3 is 2.24 bits per heavy atom. The summed E-state index contributed by atoms with van der Waals surface area (Å²) in [5, 5.41) is 0. The fraction of sp³-hybridized carbons (Fsp3) is 0.192. The first-order valence-electron chi connectivity index (χ1n) is 10.9. The first kappa shape index (κ1) is 22.8. The second-order valence-corrected chi connectivity index (χ2v) is 7.91. The van der Waals surface area contributed by atoms with Gasteiger partial charge in [0.25, 0.3) is 5.91 Å². The van der Waals surface area contributed by atoms with E-state index in [1.807, 2.05) is 37.3 Å². The van der Waals surface area contributed by atoms with Crippen molar-refractivity contribution in [3.8, 4) is 23.1 Å². The van der Waals surface area contributed by atoms with E-state index in [1.54, 1.807) is 41.3 Å². The van der Waals surface area contributed by atoms with Crippen molar-refractivity contribution < 1.29 is 19.1 Å². The molecule has 0 spiro atoms. The molecule has 3 aromatic rings. The SMILES string of the molecule is C=CC(=O)N1CCN(c2ccc(C(N)=O)c(Oc3ccc(Oc4ccccc4)cc3)n2)[C@@H](C)C1. The van der Waals surface area contributed by atoms with Gasteiger partial charge in [0.2, 0.25) is 11.8 Å². The Bertz CT molecular complexity index is 1180. The summed E-state index contributed by atoms with van der Waals surface area (Å²) in [6, 6.07) is 19.8. The number of rotatable bonds is 7. The van der Waals surface area contributed by atoms with Crippen LogP contribution in [0.4, 0.5) is 5.82 Å². The minimum absolute atomic E-state index is 0.0202. The van der Waals surface area contributed by atoms with E-state index in [-0.39, 0.29) is 23.4 Å². The van der Waals surface area contributed by atoms with Gasteiger partial charge in [0.15, 0.2) is 0 Å². The average molecular weight is 459 g/mol. The second-order valence-electron chi connectivity index (χ2n) is 7.91. The zero-order valence-electron chi connectivity index (χ0n) is 18.9. The third-order valence-corrected chi connectivity index (χ3v) is 5.54. The lowest BCUT2D eigenvalue weighted by Crippen LogP contribution is -2.53. The van der Waals surface area contributed by atoms with Gasteiger partial charge >= 0.3 is 0 Å². The van der Waals surface area contributed by atoms with Crippen LogP contribution in [-0.2, 0) is 4.79 Å². The fourth-order valence-corrected chi connectivity index (χ4v) is 3.80. The number of para-hydroxylation sites is 1. The van der Waals surface area contributed by atoms with E-state index < -0.39 is 5.91 Å². The Hall–Kier alpha value is -4.33. The standard InChI is InChI=1S/C26H26N4O4/c1-3-24(31)29-15-16-30(18(2)17-29)23-14-13-22(25(27)32)26(28-23)34-21-11-9-20(10-12-21)33-19-7-5-4-6-8-19/h3-14,18H,1,15-17H2,2H3,(H2,27,32)/t18-/m0/s1. The van der Waals surface area contributed by atoms with Crippen LogP contribution in [0.5, 0.6) is 23.1 Å². The number of benzene rings is 2. The van der Waals surface area contributed by atoms with Crippen LogP contribution >= 0.6 is 0 Å². The highest BCUT2D eigenvalue weighted by molar-refractivity contribution is 5.95. The minimum Gasteiger partial charge on any atom is -0.457 e. The number of nitrogens with zero attached hydrogens (tertiary/aromatic N) is 3. The van der Waals surface area contributed by atoms with Gasteiger partial charge < -0.3 is 25.0 Å². The number of primary amides is 1. The molecular weight excluding hydrogens is 432 g/mol. The van der Waals surface area contributed by atoms with Crippen LogP contribution in [-0.4, -0.2) is 47.4 Å². The average Bonchev–Trinajstić information content (AvgIpc) is 2.85. The molecule has 1 fully saturated rings. The summed E-state index contributed by atoms with van der Waals surface area (Å²) in [4.78, 5) is 32.4. The zero-order valence-corrected chi connectivity index (χ0v) is 18.9.